The molecule has 0 fully saturated rings. The Morgan fingerprint density at radius 1 is 1.09 bits per heavy atom. The average Bonchev–Trinajstić information content (AvgIpc) is 1.99. The maximum absolute atomic E-state index is 2.40. The summed E-state index contributed by atoms with van der Waals surface area (Å²) in [5.74, 6) is 0. The van der Waals surface area contributed by atoms with Gasteiger partial charge in [-0.2, -0.15) is 0 Å². The molecule has 3 radical (unpaired) electrons. The van der Waals surface area contributed by atoms with Gasteiger partial charge in [-0.05, 0) is 0 Å². The molecule has 0 amide bonds. The summed E-state index contributed by atoms with van der Waals surface area (Å²) in [7, 11) is 0. The zero-order valence-corrected chi connectivity index (χ0v) is 11.1. The SMILES string of the molecule is CCCCCCC(C)(C)[CH2][Sn]. The quantitative estimate of drug-likeness (QED) is 0.506. The second-order valence-electron chi connectivity index (χ2n) is 4.15. The average molecular weight is 260 g/mol. The molecule has 0 unspecified atom stereocenters. The van der Waals surface area contributed by atoms with Gasteiger partial charge < -0.3 is 0 Å². The molecule has 0 bridgehead atoms. The molecule has 0 heterocycles. The predicted molar refractivity (Wildman–Crippen MR) is 53.1 cm³/mol. The molecule has 0 saturated heterocycles. The second-order valence-corrected chi connectivity index (χ2v) is 5.16. The van der Waals surface area contributed by atoms with Gasteiger partial charge in [0.25, 0.3) is 0 Å². The van der Waals surface area contributed by atoms with Crippen molar-refractivity contribution in [2.24, 2.45) is 5.41 Å². The Hall–Kier alpha value is 0.799. The molecule has 0 aromatic heterocycles. The van der Waals surface area contributed by atoms with Crippen LogP contribution in [0.15, 0.2) is 0 Å². The molecule has 0 nitrogen and oxygen atoms in total. The standard InChI is InChI=1S/C10H21.Sn/c1-5-6-7-8-9-10(2,3)4;/h2,5-9H2,1,3-4H3;. The summed E-state index contributed by atoms with van der Waals surface area (Å²) in [5.41, 5.74) is 0.631. The van der Waals surface area contributed by atoms with Crippen LogP contribution in [-0.2, 0) is 0 Å². The van der Waals surface area contributed by atoms with Crippen molar-refractivity contribution in [3.63, 3.8) is 0 Å². The molecule has 0 rings (SSSR count). The fraction of sp³-hybridized carbons (Fsp3) is 1.00. The molecule has 0 saturated carbocycles. The molecule has 0 aromatic rings. The molecule has 0 spiro atoms. The molecule has 0 aliphatic heterocycles. The van der Waals surface area contributed by atoms with Gasteiger partial charge in [-0.1, -0.05) is 0 Å². The van der Waals surface area contributed by atoms with Gasteiger partial charge >= 0.3 is 85.3 Å². The first-order chi connectivity index (χ1) is 5.12. The Bertz CT molecular complexity index is 86.9. The van der Waals surface area contributed by atoms with Crippen molar-refractivity contribution in [1.82, 2.24) is 0 Å². The molecule has 0 atom stereocenters. The van der Waals surface area contributed by atoms with Gasteiger partial charge in [-0.3, -0.25) is 0 Å². The van der Waals surface area contributed by atoms with E-state index in [1.807, 2.05) is 0 Å². The van der Waals surface area contributed by atoms with Crippen molar-refractivity contribution in [2.45, 2.75) is 57.3 Å². The number of hydrogen-bond donors (Lipinski definition) is 0. The van der Waals surface area contributed by atoms with E-state index >= 15 is 0 Å². The Morgan fingerprint density at radius 3 is 2.18 bits per heavy atom. The van der Waals surface area contributed by atoms with Crippen LogP contribution in [0.5, 0.6) is 0 Å². The van der Waals surface area contributed by atoms with Crippen LogP contribution in [0, 0.1) is 5.41 Å². The van der Waals surface area contributed by atoms with E-state index in [0.29, 0.717) is 5.41 Å². The third-order valence-corrected chi connectivity index (χ3v) is 4.92. The molecule has 1 heteroatoms. The summed E-state index contributed by atoms with van der Waals surface area (Å²) >= 11 is 1.69. The summed E-state index contributed by atoms with van der Waals surface area (Å²) in [6, 6.07) is 0. The monoisotopic (exact) mass is 261 g/mol. The number of unbranched alkanes of at least 4 members (excludes halogenated alkanes) is 3. The Balaban J connectivity index is 3.23. The fourth-order valence-electron chi connectivity index (χ4n) is 1.12. The number of rotatable bonds is 6. The van der Waals surface area contributed by atoms with E-state index in [4.69, 9.17) is 0 Å². The van der Waals surface area contributed by atoms with Gasteiger partial charge in [-0.25, -0.2) is 0 Å². The van der Waals surface area contributed by atoms with E-state index in [2.05, 4.69) is 20.8 Å². The van der Waals surface area contributed by atoms with Gasteiger partial charge in [0.1, 0.15) is 0 Å². The normalized spacial score (nSPS) is 12.0. The van der Waals surface area contributed by atoms with Crippen molar-refractivity contribution in [1.29, 1.82) is 0 Å². The van der Waals surface area contributed by atoms with Crippen LogP contribution in [0.1, 0.15) is 52.9 Å². The molecule has 11 heavy (non-hydrogen) atoms. The van der Waals surface area contributed by atoms with E-state index in [9.17, 15) is 0 Å². The van der Waals surface area contributed by atoms with Crippen molar-refractivity contribution in [3.05, 3.63) is 0 Å². The van der Waals surface area contributed by atoms with Crippen LogP contribution < -0.4 is 0 Å². The first kappa shape index (κ1) is 11.8. The summed E-state index contributed by atoms with van der Waals surface area (Å²) in [6.45, 7) is 7.07. The van der Waals surface area contributed by atoms with Crippen LogP contribution in [0.3, 0.4) is 0 Å². The van der Waals surface area contributed by atoms with Gasteiger partial charge in [0.15, 0.2) is 0 Å². The maximum atomic E-state index is 2.40. The van der Waals surface area contributed by atoms with Crippen molar-refractivity contribution in [3.8, 4) is 0 Å². The van der Waals surface area contributed by atoms with Gasteiger partial charge in [0.05, 0.1) is 0 Å². The van der Waals surface area contributed by atoms with Crippen LogP contribution in [0.2, 0.25) is 4.44 Å². The topological polar surface area (TPSA) is 0 Å². The molecule has 0 aliphatic carbocycles. The third-order valence-electron chi connectivity index (χ3n) is 2.19. The number of hydrogen-bond acceptors (Lipinski definition) is 0. The zero-order valence-electron chi connectivity index (χ0n) is 8.24. The fourth-order valence-corrected chi connectivity index (χ4v) is 1.62. The van der Waals surface area contributed by atoms with Crippen LogP contribution in [-0.4, -0.2) is 22.5 Å². The minimum atomic E-state index is 0.631. The van der Waals surface area contributed by atoms with E-state index in [-0.39, 0.29) is 0 Å². The van der Waals surface area contributed by atoms with Crippen LogP contribution in [0.25, 0.3) is 0 Å². The summed E-state index contributed by atoms with van der Waals surface area (Å²) in [4.78, 5) is 0. The molecular formula is C10H21Sn. The summed E-state index contributed by atoms with van der Waals surface area (Å²) in [6.07, 6.45) is 7.09. The molecule has 0 aromatic carbocycles. The summed E-state index contributed by atoms with van der Waals surface area (Å²) < 4.78 is 1.41. The van der Waals surface area contributed by atoms with E-state index in [0.717, 1.165) is 0 Å². The minimum absolute atomic E-state index is 0.631. The molecule has 65 valence electrons. The predicted octanol–water partition coefficient (Wildman–Crippen LogP) is 3.57. The van der Waals surface area contributed by atoms with E-state index in [1.54, 1.807) is 22.5 Å². The van der Waals surface area contributed by atoms with E-state index in [1.165, 1.54) is 36.5 Å². The zero-order chi connectivity index (χ0) is 8.74. The van der Waals surface area contributed by atoms with Crippen LogP contribution in [0.4, 0.5) is 0 Å². The molecular weight excluding hydrogens is 239 g/mol. The third kappa shape index (κ3) is 7.17. The van der Waals surface area contributed by atoms with Crippen LogP contribution >= 0.6 is 0 Å². The Morgan fingerprint density at radius 2 is 1.73 bits per heavy atom. The van der Waals surface area contributed by atoms with Crippen molar-refractivity contribution < 1.29 is 0 Å². The first-order valence-electron chi connectivity index (χ1n) is 4.77. The van der Waals surface area contributed by atoms with Gasteiger partial charge in [-0.15, -0.1) is 0 Å². The second kappa shape index (κ2) is 6.33. The van der Waals surface area contributed by atoms with Gasteiger partial charge in [0.2, 0.25) is 0 Å². The van der Waals surface area contributed by atoms with Crippen molar-refractivity contribution >= 4 is 22.5 Å². The Labute approximate surface area is 85.2 Å². The van der Waals surface area contributed by atoms with Gasteiger partial charge in [0, 0.05) is 0 Å². The molecule has 0 N–H and O–H groups in total. The Kier molecular flexibility index (Phi) is 6.79. The van der Waals surface area contributed by atoms with E-state index < -0.39 is 0 Å². The first-order valence-corrected chi connectivity index (χ1v) is 6.79. The summed E-state index contributed by atoms with van der Waals surface area (Å²) in [5, 5.41) is 0. The van der Waals surface area contributed by atoms with Crippen molar-refractivity contribution in [2.75, 3.05) is 0 Å². The molecule has 0 aliphatic rings.